The number of thiazole rings is 1. The van der Waals surface area contributed by atoms with Crippen LogP contribution in [0.1, 0.15) is 45.2 Å². The van der Waals surface area contributed by atoms with Gasteiger partial charge in [-0.1, -0.05) is 12.5 Å². The quantitative estimate of drug-likeness (QED) is 0.627. The average molecular weight is 476 g/mol. The maximum Gasteiger partial charge on any atom is 0.238 e. The number of hydrogen-bond acceptors (Lipinski definition) is 8. The van der Waals surface area contributed by atoms with E-state index in [0.29, 0.717) is 16.6 Å². The molecule has 0 saturated carbocycles. The Hall–Kier alpha value is -2.27. The van der Waals surface area contributed by atoms with Crippen LogP contribution in [0.25, 0.3) is 5.57 Å². The fraction of sp³-hybridized carbons (Fsp3) is 0.455. The van der Waals surface area contributed by atoms with Crippen molar-refractivity contribution in [3.8, 4) is 5.75 Å². The number of anilines is 2. The molecule has 2 aliphatic rings. The molecule has 0 amide bonds. The van der Waals surface area contributed by atoms with Crippen LogP contribution in [0, 0.1) is 0 Å². The van der Waals surface area contributed by atoms with Crippen LogP contribution in [0.15, 0.2) is 39.5 Å². The lowest BCUT2D eigenvalue weighted by Gasteiger charge is -2.32. The smallest absolute Gasteiger partial charge is 0.238 e. The number of aliphatic imine (C=N–C) groups is 1. The number of hydrogen-bond donors (Lipinski definition) is 2. The summed E-state index contributed by atoms with van der Waals surface area (Å²) in [5.41, 5.74) is 2.34. The highest BCUT2D eigenvalue weighted by Crippen LogP contribution is 2.33. The zero-order valence-corrected chi connectivity index (χ0v) is 20.0. The van der Waals surface area contributed by atoms with Gasteiger partial charge in [0, 0.05) is 36.7 Å². The molecule has 4 rings (SSSR count). The van der Waals surface area contributed by atoms with E-state index in [4.69, 9.17) is 14.9 Å². The molecule has 8 nitrogen and oxygen atoms in total. The second kappa shape index (κ2) is 9.70. The molecule has 172 valence electrons. The van der Waals surface area contributed by atoms with Crippen molar-refractivity contribution in [3.63, 3.8) is 0 Å². The van der Waals surface area contributed by atoms with E-state index >= 15 is 0 Å². The van der Waals surface area contributed by atoms with Crippen molar-refractivity contribution in [1.29, 1.82) is 0 Å². The molecule has 3 heterocycles. The number of likely N-dealkylation sites (tertiary alicyclic amines) is 1. The summed E-state index contributed by atoms with van der Waals surface area (Å²) >= 11 is 1.44. The molecule has 0 radical (unpaired) electrons. The first kappa shape index (κ1) is 22.9. The van der Waals surface area contributed by atoms with Crippen molar-refractivity contribution < 1.29 is 13.2 Å². The molecule has 0 aliphatic carbocycles. The number of allylic oxidation sites excluding steroid dienone is 1. The topological polar surface area (TPSA) is 110 Å². The van der Waals surface area contributed by atoms with Crippen LogP contribution in [0.4, 0.5) is 10.8 Å². The third kappa shape index (κ3) is 5.55. The average Bonchev–Trinajstić information content (AvgIpc) is 3.23. The summed E-state index contributed by atoms with van der Waals surface area (Å²) in [6.07, 6.45) is 8.96. The van der Waals surface area contributed by atoms with Gasteiger partial charge < -0.3 is 10.1 Å². The van der Waals surface area contributed by atoms with Crippen LogP contribution in [-0.2, 0) is 10.0 Å². The molecule has 10 heteroatoms. The van der Waals surface area contributed by atoms with Crippen LogP contribution < -0.4 is 15.2 Å². The molecule has 1 fully saturated rings. The number of nitrogens with one attached hydrogen (secondary N) is 1. The molecule has 1 aromatic carbocycles. The second-order valence-electron chi connectivity index (χ2n) is 8.28. The van der Waals surface area contributed by atoms with Crippen LogP contribution >= 0.6 is 11.3 Å². The number of rotatable bonds is 7. The standard InChI is InChI=1S/C22H29N5O3S2/c1-15(2)30-20-8-7-17(32(23,28)29)12-18(20)25-22-26-19(14-31-22)16-6-9-21(24-13-16)27-10-4-3-5-11-27/h6-8,12-15,21H,3-5,9-11H2,1-2H3,(H,25,26)(H2,23,28,29). The number of nitrogens with two attached hydrogens (primary N) is 1. The first-order chi connectivity index (χ1) is 15.3. The van der Waals surface area contributed by atoms with Crippen molar-refractivity contribution in [2.45, 2.75) is 56.7 Å². The van der Waals surface area contributed by atoms with Gasteiger partial charge in [0.2, 0.25) is 10.0 Å². The van der Waals surface area contributed by atoms with Gasteiger partial charge in [-0.3, -0.25) is 9.89 Å². The van der Waals surface area contributed by atoms with E-state index in [1.165, 1.54) is 42.7 Å². The lowest BCUT2D eigenvalue weighted by molar-refractivity contribution is 0.168. The maximum absolute atomic E-state index is 11.8. The number of benzene rings is 1. The third-order valence-corrected chi connectivity index (χ3v) is 7.10. The van der Waals surface area contributed by atoms with E-state index < -0.39 is 10.0 Å². The molecule has 1 saturated heterocycles. The van der Waals surface area contributed by atoms with Crippen LogP contribution in [0.5, 0.6) is 5.75 Å². The number of ether oxygens (including phenoxy) is 1. The first-order valence-corrected chi connectivity index (χ1v) is 13.3. The molecule has 0 spiro atoms. The van der Waals surface area contributed by atoms with Gasteiger partial charge in [-0.05, 0) is 44.9 Å². The highest BCUT2D eigenvalue weighted by atomic mass is 32.2. The summed E-state index contributed by atoms with van der Waals surface area (Å²) in [7, 11) is -3.83. The Bertz CT molecular complexity index is 1120. The lowest BCUT2D eigenvalue weighted by Crippen LogP contribution is -2.38. The number of sulfonamides is 1. The van der Waals surface area contributed by atoms with Crippen LogP contribution in [-0.4, -0.2) is 49.9 Å². The van der Waals surface area contributed by atoms with Crippen LogP contribution in [0.2, 0.25) is 0 Å². The van der Waals surface area contributed by atoms with E-state index in [9.17, 15) is 8.42 Å². The predicted molar refractivity (Wildman–Crippen MR) is 129 cm³/mol. The molecule has 2 aromatic rings. The highest BCUT2D eigenvalue weighted by Gasteiger charge is 2.21. The van der Waals surface area contributed by atoms with Gasteiger partial charge in [-0.15, -0.1) is 11.3 Å². The van der Waals surface area contributed by atoms with E-state index in [2.05, 4.69) is 21.3 Å². The second-order valence-corrected chi connectivity index (χ2v) is 10.7. The fourth-order valence-corrected chi connectivity index (χ4v) is 5.13. The minimum absolute atomic E-state index is 0.0127. The van der Waals surface area contributed by atoms with Crippen molar-refractivity contribution in [3.05, 3.63) is 35.3 Å². The Morgan fingerprint density at radius 3 is 2.69 bits per heavy atom. The maximum atomic E-state index is 11.8. The summed E-state index contributed by atoms with van der Waals surface area (Å²) in [5.74, 6) is 0.534. The van der Waals surface area contributed by atoms with E-state index in [1.807, 2.05) is 25.4 Å². The van der Waals surface area contributed by atoms with E-state index in [1.54, 1.807) is 6.07 Å². The Morgan fingerprint density at radius 1 is 1.25 bits per heavy atom. The first-order valence-electron chi connectivity index (χ1n) is 10.8. The van der Waals surface area contributed by atoms with Gasteiger partial charge in [-0.2, -0.15) is 0 Å². The van der Waals surface area contributed by atoms with E-state index in [0.717, 1.165) is 30.8 Å². The summed E-state index contributed by atoms with van der Waals surface area (Å²) in [4.78, 5) is 11.9. The van der Waals surface area contributed by atoms with E-state index in [-0.39, 0.29) is 17.2 Å². The molecule has 32 heavy (non-hydrogen) atoms. The van der Waals surface area contributed by atoms with Crippen molar-refractivity contribution in [2.24, 2.45) is 10.1 Å². The number of nitrogens with zero attached hydrogens (tertiary/aromatic N) is 3. The Labute approximate surface area is 193 Å². The van der Waals surface area contributed by atoms with Gasteiger partial charge in [0.25, 0.3) is 0 Å². The van der Waals surface area contributed by atoms with Gasteiger partial charge in [-0.25, -0.2) is 18.5 Å². The monoisotopic (exact) mass is 475 g/mol. The van der Waals surface area contributed by atoms with Crippen molar-refractivity contribution >= 4 is 44.0 Å². The molecular formula is C22H29N5O3S2. The molecule has 0 bridgehead atoms. The molecule has 3 N–H and O–H groups in total. The lowest BCUT2D eigenvalue weighted by atomic mass is 10.1. The van der Waals surface area contributed by atoms with Crippen molar-refractivity contribution in [1.82, 2.24) is 9.88 Å². The number of aromatic nitrogens is 1. The minimum atomic E-state index is -3.83. The summed E-state index contributed by atoms with van der Waals surface area (Å²) in [6, 6.07) is 4.51. The summed E-state index contributed by atoms with van der Waals surface area (Å²) in [6.45, 7) is 6.05. The summed E-state index contributed by atoms with van der Waals surface area (Å²) < 4.78 is 29.4. The third-order valence-electron chi connectivity index (χ3n) is 5.43. The Kier molecular flexibility index (Phi) is 6.94. The molecule has 1 aromatic heterocycles. The highest BCUT2D eigenvalue weighted by molar-refractivity contribution is 7.89. The summed E-state index contributed by atoms with van der Waals surface area (Å²) in [5, 5.41) is 11.1. The SMILES string of the molecule is CC(C)Oc1ccc(S(N)(=O)=O)cc1Nc1nc(C2=CCC(N3CCCCC3)N=C2)cs1. The van der Waals surface area contributed by atoms with Gasteiger partial charge in [0.1, 0.15) is 11.9 Å². The number of primary sulfonamides is 1. The number of dihydropyridines is 1. The minimum Gasteiger partial charge on any atom is -0.489 e. The zero-order chi connectivity index (χ0) is 22.7. The Balaban J connectivity index is 1.50. The normalized spacial score (nSPS) is 19.8. The fourth-order valence-electron chi connectivity index (χ4n) is 3.86. The van der Waals surface area contributed by atoms with Crippen molar-refractivity contribution in [2.75, 3.05) is 18.4 Å². The molecule has 1 unspecified atom stereocenters. The largest absolute Gasteiger partial charge is 0.489 e. The molecule has 1 atom stereocenters. The van der Waals surface area contributed by atoms with Crippen LogP contribution in [0.3, 0.4) is 0 Å². The Morgan fingerprint density at radius 2 is 2.03 bits per heavy atom. The number of piperidine rings is 1. The van der Waals surface area contributed by atoms with Gasteiger partial charge >= 0.3 is 0 Å². The zero-order valence-electron chi connectivity index (χ0n) is 18.3. The molecule has 2 aliphatic heterocycles. The molecular weight excluding hydrogens is 446 g/mol. The predicted octanol–water partition coefficient (Wildman–Crippen LogP) is 3.99. The van der Waals surface area contributed by atoms with Gasteiger partial charge in [0.15, 0.2) is 5.13 Å². The van der Waals surface area contributed by atoms with Gasteiger partial charge in [0.05, 0.1) is 22.4 Å².